The van der Waals surface area contributed by atoms with E-state index >= 15 is 0 Å². The molecule has 1 heterocycles. The molecule has 0 fully saturated rings. The molecule has 110 valence electrons. The molecule has 2 N–H and O–H groups in total. The highest BCUT2D eigenvalue weighted by Gasteiger charge is 2.40. The highest BCUT2D eigenvalue weighted by Crippen LogP contribution is 2.23. The predicted octanol–water partition coefficient (Wildman–Crippen LogP) is 2.84. The van der Waals surface area contributed by atoms with Crippen molar-refractivity contribution in [3.05, 3.63) is 16.1 Å². The van der Waals surface area contributed by atoms with Crippen molar-refractivity contribution in [3.8, 4) is 0 Å². The van der Waals surface area contributed by atoms with Crippen molar-refractivity contribution in [1.82, 2.24) is 4.98 Å². The summed E-state index contributed by atoms with van der Waals surface area (Å²) in [6, 6.07) is 0. The number of rotatable bonds is 7. The molecule has 0 saturated heterocycles. The van der Waals surface area contributed by atoms with Gasteiger partial charge in [0.05, 0.1) is 12.3 Å². The molecule has 19 heavy (non-hydrogen) atoms. The summed E-state index contributed by atoms with van der Waals surface area (Å²) in [6.07, 6.45) is -3.19. The Morgan fingerprint density at radius 1 is 1.42 bits per heavy atom. The second kappa shape index (κ2) is 6.15. The van der Waals surface area contributed by atoms with E-state index in [1.165, 1.54) is 11.3 Å². The zero-order valence-electron chi connectivity index (χ0n) is 10.6. The van der Waals surface area contributed by atoms with Gasteiger partial charge in [-0.2, -0.15) is 8.78 Å². The molecule has 0 saturated carbocycles. The molecular formula is C11H16F4N2OS. The smallest absolute Gasteiger partial charge is 0.330 e. The predicted molar refractivity (Wildman–Crippen MR) is 64.7 cm³/mol. The molecule has 0 spiro atoms. The van der Waals surface area contributed by atoms with E-state index in [4.69, 9.17) is 5.73 Å². The van der Waals surface area contributed by atoms with Crippen LogP contribution in [-0.2, 0) is 17.8 Å². The van der Waals surface area contributed by atoms with Crippen LogP contribution in [0.2, 0.25) is 0 Å². The summed E-state index contributed by atoms with van der Waals surface area (Å²) in [5.74, 6) is -4.13. The summed E-state index contributed by atoms with van der Waals surface area (Å²) in [6.45, 7) is 2.15. The third kappa shape index (κ3) is 5.84. The SMILES string of the molecule is CC(C)(N)Cc1csc(COCC(F)(F)C(F)F)n1. The second-order valence-corrected chi connectivity index (χ2v) is 5.90. The largest absolute Gasteiger partial charge is 0.368 e. The molecule has 1 aromatic rings. The Balaban J connectivity index is 2.43. The Labute approximate surface area is 112 Å². The molecule has 8 heteroatoms. The molecular weight excluding hydrogens is 284 g/mol. The molecule has 1 rings (SSSR count). The first-order chi connectivity index (χ1) is 8.60. The van der Waals surface area contributed by atoms with Crippen LogP contribution in [-0.4, -0.2) is 29.5 Å². The van der Waals surface area contributed by atoms with Gasteiger partial charge in [-0.15, -0.1) is 11.3 Å². The summed E-state index contributed by atoms with van der Waals surface area (Å²) in [4.78, 5) is 4.14. The van der Waals surface area contributed by atoms with Crippen LogP contribution in [0.3, 0.4) is 0 Å². The Morgan fingerprint density at radius 3 is 2.58 bits per heavy atom. The number of nitrogens with zero attached hydrogens (tertiary/aromatic N) is 1. The minimum Gasteiger partial charge on any atom is -0.368 e. The summed E-state index contributed by atoms with van der Waals surface area (Å²) < 4.78 is 53.5. The molecule has 0 bridgehead atoms. The van der Waals surface area contributed by atoms with Crippen molar-refractivity contribution in [2.75, 3.05) is 6.61 Å². The third-order valence-electron chi connectivity index (χ3n) is 2.08. The Morgan fingerprint density at radius 2 is 2.05 bits per heavy atom. The molecule has 0 aliphatic carbocycles. The molecule has 0 amide bonds. The first-order valence-corrected chi connectivity index (χ1v) is 6.44. The lowest BCUT2D eigenvalue weighted by Gasteiger charge is -2.16. The Bertz CT molecular complexity index is 404. The van der Waals surface area contributed by atoms with Crippen LogP contribution in [0.4, 0.5) is 17.6 Å². The van der Waals surface area contributed by atoms with Crippen LogP contribution in [0.25, 0.3) is 0 Å². The minimum atomic E-state index is -4.13. The molecule has 3 nitrogen and oxygen atoms in total. The van der Waals surface area contributed by atoms with Gasteiger partial charge in [-0.3, -0.25) is 0 Å². The van der Waals surface area contributed by atoms with E-state index in [0.717, 1.165) is 5.69 Å². The van der Waals surface area contributed by atoms with Crippen molar-refractivity contribution >= 4 is 11.3 Å². The maximum Gasteiger partial charge on any atom is 0.330 e. The van der Waals surface area contributed by atoms with E-state index in [9.17, 15) is 17.6 Å². The fourth-order valence-electron chi connectivity index (χ4n) is 1.30. The van der Waals surface area contributed by atoms with Gasteiger partial charge in [0.15, 0.2) is 0 Å². The van der Waals surface area contributed by atoms with Gasteiger partial charge in [-0.05, 0) is 13.8 Å². The van der Waals surface area contributed by atoms with E-state index in [2.05, 4.69) is 9.72 Å². The van der Waals surface area contributed by atoms with E-state index < -0.39 is 24.5 Å². The van der Waals surface area contributed by atoms with Gasteiger partial charge >= 0.3 is 12.3 Å². The van der Waals surface area contributed by atoms with E-state index in [0.29, 0.717) is 11.4 Å². The fourth-order valence-corrected chi connectivity index (χ4v) is 2.03. The highest BCUT2D eigenvalue weighted by atomic mass is 32.1. The Hall–Kier alpha value is -0.730. The summed E-state index contributed by atoms with van der Waals surface area (Å²) in [5, 5.41) is 2.21. The lowest BCUT2D eigenvalue weighted by Crippen LogP contribution is -2.34. The number of hydrogen-bond acceptors (Lipinski definition) is 4. The molecule has 0 aliphatic rings. The minimum absolute atomic E-state index is 0.210. The molecule has 0 unspecified atom stereocenters. The van der Waals surface area contributed by atoms with Gasteiger partial charge in [0.2, 0.25) is 0 Å². The van der Waals surface area contributed by atoms with Crippen LogP contribution < -0.4 is 5.73 Å². The normalized spacial score (nSPS) is 13.3. The van der Waals surface area contributed by atoms with E-state index in [1.54, 1.807) is 5.38 Å². The monoisotopic (exact) mass is 300 g/mol. The fraction of sp³-hybridized carbons (Fsp3) is 0.727. The number of alkyl halides is 4. The lowest BCUT2D eigenvalue weighted by molar-refractivity contribution is -0.168. The summed E-state index contributed by atoms with van der Waals surface area (Å²) in [7, 11) is 0. The number of aromatic nitrogens is 1. The van der Waals surface area contributed by atoms with Crippen LogP contribution in [0.5, 0.6) is 0 Å². The van der Waals surface area contributed by atoms with Gasteiger partial charge in [0.25, 0.3) is 0 Å². The van der Waals surface area contributed by atoms with Crippen molar-refractivity contribution in [2.24, 2.45) is 5.73 Å². The average molecular weight is 300 g/mol. The maximum atomic E-state index is 12.6. The molecule has 0 radical (unpaired) electrons. The lowest BCUT2D eigenvalue weighted by atomic mass is 10.0. The second-order valence-electron chi connectivity index (χ2n) is 4.95. The molecule has 1 aromatic heterocycles. The van der Waals surface area contributed by atoms with Crippen LogP contribution in [0.15, 0.2) is 5.38 Å². The van der Waals surface area contributed by atoms with Crippen LogP contribution >= 0.6 is 11.3 Å². The van der Waals surface area contributed by atoms with Crippen molar-refractivity contribution in [1.29, 1.82) is 0 Å². The number of thiazole rings is 1. The zero-order chi connectivity index (χ0) is 14.7. The van der Waals surface area contributed by atoms with Gasteiger partial charge < -0.3 is 10.5 Å². The van der Waals surface area contributed by atoms with Crippen molar-refractivity contribution < 1.29 is 22.3 Å². The topological polar surface area (TPSA) is 48.1 Å². The quantitative estimate of drug-likeness (QED) is 0.788. The van der Waals surface area contributed by atoms with Gasteiger partial charge in [0, 0.05) is 17.3 Å². The zero-order valence-corrected chi connectivity index (χ0v) is 11.4. The standard InChI is InChI=1S/C11H16F4N2OS/c1-10(2,16)3-7-5-19-8(17-7)4-18-6-11(14,15)9(12)13/h5,9H,3-4,6,16H2,1-2H3. The number of hydrogen-bond donors (Lipinski definition) is 1. The number of ether oxygens (including phenoxy) is 1. The van der Waals surface area contributed by atoms with E-state index in [-0.39, 0.29) is 6.61 Å². The van der Waals surface area contributed by atoms with E-state index in [1.807, 2.05) is 13.8 Å². The number of nitrogens with two attached hydrogens (primary N) is 1. The maximum absolute atomic E-state index is 12.6. The van der Waals surface area contributed by atoms with Gasteiger partial charge in [-0.25, -0.2) is 13.8 Å². The number of halogens is 4. The van der Waals surface area contributed by atoms with Gasteiger partial charge in [-0.1, -0.05) is 0 Å². The van der Waals surface area contributed by atoms with Crippen LogP contribution in [0, 0.1) is 0 Å². The van der Waals surface area contributed by atoms with Crippen LogP contribution in [0.1, 0.15) is 24.5 Å². The first kappa shape index (κ1) is 16.3. The molecule has 0 aliphatic heterocycles. The summed E-state index contributed by atoms with van der Waals surface area (Å²) in [5.41, 5.74) is 6.13. The average Bonchev–Trinajstić information content (AvgIpc) is 2.62. The van der Waals surface area contributed by atoms with Gasteiger partial charge in [0.1, 0.15) is 11.6 Å². The highest BCUT2D eigenvalue weighted by molar-refractivity contribution is 7.09. The molecule has 0 atom stereocenters. The van der Waals surface area contributed by atoms with Crippen molar-refractivity contribution in [3.63, 3.8) is 0 Å². The third-order valence-corrected chi connectivity index (χ3v) is 2.95. The summed E-state index contributed by atoms with van der Waals surface area (Å²) >= 11 is 1.23. The Kier molecular flexibility index (Phi) is 5.28. The van der Waals surface area contributed by atoms with Crippen molar-refractivity contribution in [2.45, 2.75) is 44.8 Å². The molecule has 0 aromatic carbocycles. The first-order valence-electron chi connectivity index (χ1n) is 5.56.